The second-order valence-corrected chi connectivity index (χ2v) is 1.81. The Bertz CT molecular complexity index is 118. The molecule has 46 valence electrons. The van der Waals surface area contributed by atoms with Crippen LogP contribution < -0.4 is 0 Å². The first-order valence-corrected chi connectivity index (χ1v) is 3.29. The highest BCUT2D eigenvalue weighted by atomic mass is 79.9. The first-order chi connectivity index (χ1) is 3.72. The predicted molar refractivity (Wildman–Crippen MR) is 35.2 cm³/mol. The second kappa shape index (κ2) is 3.66. The van der Waals surface area contributed by atoms with Gasteiger partial charge in [-0.3, -0.25) is 0 Å². The maximum atomic E-state index is 10.1. The Hall–Kier alpha value is -0.310. The summed E-state index contributed by atoms with van der Waals surface area (Å²) in [4.78, 5) is 10.1. The molecule has 8 heavy (non-hydrogen) atoms. The van der Waals surface area contributed by atoms with E-state index < -0.39 is 5.97 Å². The molecule has 0 aromatic heterocycles. The van der Waals surface area contributed by atoms with Crippen LogP contribution in [0.15, 0.2) is 11.6 Å². The zero-order valence-electron chi connectivity index (χ0n) is 4.52. The van der Waals surface area contributed by atoms with Crippen molar-refractivity contribution in [1.29, 1.82) is 0 Å². The van der Waals surface area contributed by atoms with Gasteiger partial charge in [-0.15, -0.1) is 0 Å². The van der Waals surface area contributed by atoms with E-state index in [1.165, 1.54) is 0 Å². The Morgan fingerprint density at radius 3 is 2.38 bits per heavy atom. The number of alkyl halides is 1. The van der Waals surface area contributed by atoms with Crippen LogP contribution in [-0.2, 0) is 4.79 Å². The number of halogens is 1. The van der Waals surface area contributed by atoms with E-state index in [1.54, 1.807) is 13.0 Å². The molecule has 0 saturated heterocycles. The van der Waals surface area contributed by atoms with Crippen molar-refractivity contribution in [3.63, 3.8) is 0 Å². The van der Waals surface area contributed by atoms with Crippen molar-refractivity contribution >= 4 is 21.9 Å². The molecule has 0 heterocycles. The van der Waals surface area contributed by atoms with Gasteiger partial charge in [0.25, 0.3) is 0 Å². The fraction of sp³-hybridized carbons (Fsp3) is 0.400. The van der Waals surface area contributed by atoms with Crippen LogP contribution in [0.25, 0.3) is 0 Å². The third-order valence-electron chi connectivity index (χ3n) is 0.767. The van der Waals surface area contributed by atoms with E-state index in [9.17, 15) is 4.79 Å². The standard InChI is InChI=1S/C5H7BrO2/c1-2-4(3-6)5(7)8/h2H,3H2,1H3,(H,7,8)/b4-2+. The lowest BCUT2D eigenvalue weighted by molar-refractivity contribution is -0.132. The number of allylic oxidation sites excluding steroid dienone is 1. The predicted octanol–water partition coefficient (Wildman–Crippen LogP) is 1.41. The van der Waals surface area contributed by atoms with Crippen molar-refractivity contribution in [1.82, 2.24) is 0 Å². The summed E-state index contributed by atoms with van der Waals surface area (Å²) < 4.78 is 0. The maximum absolute atomic E-state index is 10.1. The summed E-state index contributed by atoms with van der Waals surface area (Å²) in [6, 6.07) is 0. The average Bonchev–Trinajstić information content (AvgIpc) is 1.69. The van der Waals surface area contributed by atoms with Crippen molar-refractivity contribution in [3.8, 4) is 0 Å². The van der Waals surface area contributed by atoms with Crippen LogP contribution in [-0.4, -0.2) is 16.4 Å². The largest absolute Gasteiger partial charge is 0.478 e. The van der Waals surface area contributed by atoms with E-state index in [-0.39, 0.29) is 0 Å². The van der Waals surface area contributed by atoms with Gasteiger partial charge in [-0.25, -0.2) is 4.79 Å². The molecule has 0 bridgehead atoms. The van der Waals surface area contributed by atoms with Crippen LogP contribution in [0.5, 0.6) is 0 Å². The molecular formula is C5H7BrO2. The zero-order valence-corrected chi connectivity index (χ0v) is 6.10. The molecule has 3 heteroatoms. The van der Waals surface area contributed by atoms with E-state index in [1.807, 2.05) is 0 Å². The molecule has 0 aliphatic rings. The number of hydrogen-bond donors (Lipinski definition) is 1. The molecule has 0 aromatic rings. The minimum atomic E-state index is -0.857. The molecule has 0 radical (unpaired) electrons. The third-order valence-corrected chi connectivity index (χ3v) is 1.37. The van der Waals surface area contributed by atoms with Gasteiger partial charge in [0.15, 0.2) is 0 Å². The fourth-order valence-electron chi connectivity index (χ4n) is 0.258. The number of carboxylic acid groups (broad SMARTS) is 1. The number of carboxylic acids is 1. The van der Waals surface area contributed by atoms with Gasteiger partial charge in [-0.2, -0.15) is 0 Å². The highest BCUT2D eigenvalue weighted by molar-refractivity contribution is 9.09. The molecule has 0 spiro atoms. The topological polar surface area (TPSA) is 37.3 Å². The van der Waals surface area contributed by atoms with E-state index in [0.717, 1.165) is 0 Å². The van der Waals surface area contributed by atoms with Gasteiger partial charge in [-0.05, 0) is 6.92 Å². The second-order valence-electron chi connectivity index (χ2n) is 1.25. The summed E-state index contributed by atoms with van der Waals surface area (Å²) in [5.74, 6) is -0.857. The Balaban J connectivity index is 3.92. The molecule has 0 atom stereocenters. The molecule has 0 aliphatic heterocycles. The van der Waals surface area contributed by atoms with Gasteiger partial charge in [0, 0.05) is 10.9 Å². The van der Waals surface area contributed by atoms with Gasteiger partial charge in [-0.1, -0.05) is 22.0 Å². The van der Waals surface area contributed by atoms with Crippen molar-refractivity contribution in [2.75, 3.05) is 5.33 Å². The smallest absolute Gasteiger partial charge is 0.332 e. The van der Waals surface area contributed by atoms with E-state index in [0.29, 0.717) is 10.9 Å². The minimum absolute atomic E-state index is 0.394. The molecule has 2 nitrogen and oxygen atoms in total. The Morgan fingerprint density at radius 1 is 1.88 bits per heavy atom. The van der Waals surface area contributed by atoms with Crippen molar-refractivity contribution in [2.24, 2.45) is 0 Å². The van der Waals surface area contributed by atoms with Crippen molar-refractivity contribution in [2.45, 2.75) is 6.92 Å². The zero-order chi connectivity index (χ0) is 6.57. The molecular weight excluding hydrogens is 172 g/mol. The van der Waals surface area contributed by atoms with Crippen LogP contribution in [0, 0.1) is 0 Å². The molecule has 0 aliphatic carbocycles. The molecule has 0 saturated carbocycles. The molecule has 1 N–H and O–H groups in total. The Morgan fingerprint density at radius 2 is 2.38 bits per heavy atom. The van der Waals surface area contributed by atoms with E-state index >= 15 is 0 Å². The summed E-state index contributed by atoms with van der Waals surface area (Å²) in [7, 11) is 0. The Kier molecular flexibility index (Phi) is 3.52. The molecule has 0 amide bonds. The SMILES string of the molecule is C/C=C(\CBr)C(=O)O. The lowest BCUT2D eigenvalue weighted by Gasteiger charge is -1.89. The highest BCUT2D eigenvalue weighted by Crippen LogP contribution is 1.97. The number of carbonyl (C=O) groups is 1. The highest BCUT2D eigenvalue weighted by Gasteiger charge is 2.00. The summed E-state index contributed by atoms with van der Waals surface area (Å²) in [6.07, 6.45) is 1.57. The number of rotatable bonds is 2. The average molecular weight is 179 g/mol. The van der Waals surface area contributed by atoms with Gasteiger partial charge in [0.05, 0.1) is 0 Å². The monoisotopic (exact) mass is 178 g/mol. The van der Waals surface area contributed by atoms with Gasteiger partial charge in [0.1, 0.15) is 0 Å². The van der Waals surface area contributed by atoms with Crippen LogP contribution >= 0.6 is 15.9 Å². The third kappa shape index (κ3) is 2.12. The number of aliphatic carboxylic acids is 1. The van der Waals surface area contributed by atoms with Crippen molar-refractivity contribution in [3.05, 3.63) is 11.6 Å². The Labute approximate surface area is 56.3 Å². The quantitative estimate of drug-likeness (QED) is 0.514. The first kappa shape index (κ1) is 7.69. The van der Waals surface area contributed by atoms with Gasteiger partial charge >= 0.3 is 5.97 Å². The molecule has 0 aromatic carbocycles. The summed E-state index contributed by atoms with van der Waals surface area (Å²) in [5.41, 5.74) is 0.394. The lowest BCUT2D eigenvalue weighted by atomic mass is 10.3. The summed E-state index contributed by atoms with van der Waals surface area (Å²) >= 11 is 3.03. The summed E-state index contributed by atoms with van der Waals surface area (Å²) in [5, 5.41) is 8.69. The van der Waals surface area contributed by atoms with Gasteiger partial charge in [0.2, 0.25) is 0 Å². The van der Waals surface area contributed by atoms with Crippen LogP contribution in [0.4, 0.5) is 0 Å². The molecule has 0 rings (SSSR count). The van der Waals surface area contributed by atoms with Crippen LogP contribution in [0.1, 0.15) is 6.92 Å². The number of hydrogen-bond acceptors (Lipinski definition) is 1. The van der Waals surface area contributed by atoms with E-state index in [2.05, 4.69) is 15.9 Å². The summed E-state index contributed by atoms with van der Waals surface area (Å²) in [6.45, 7) is 1.70. The van der Waals surface area contributed by atoms with Crippen LogP contribution in [0.2, 0.25) is 0 Å². The van der Waals surface area contributed by atoms with Crippen LogP contribution in [0.3, 0.4) is 0 Å². The molecule has 0 unspecified atom stereocenters. The lowest BCUT2D eigenvalue weighted by Crippen LogP contribution is -2.00. The van der Waals surface area contributed by atoms with Crippen molar-refractivity contribution < 1.29 is 9.90 Å². The normalized spacial score (nSPS) is 11.5. The maximum Gasteiger partial charge on any atom is 0.332 e. The fourth-order valence-corrected chi connectivity index (χ4v) is 0.821. The van der Waals surface area contributed by atoms with Gasteiger partial charge < -0.3 is 5.11 Å². The molecule has 0 fully saturated rings. The van der Waals surface area contributed by atoms with E-state index in [4.69, 9.17) is 5.11 Å². The minimum Gasteiger partial charge on any atom is -0.478 e. The first-order valence-electron chi connectivity index (χ1n) is 2.16.